The van der Waals surface area contributed by atoms with Crippen molar-refractivity contribution in [3.8, 4) is 0 Å². The van der Waals surface area contributed by atoms with Gasteiger partial charge in [-0.15, -0.1) is 12.4 Å². The van der Waals surface area contributed by atoms with Crippen LogP contribution in [0.4, 0.5) is 5.69 Å². The molecule has 0 aliphatic rings. The summed E-state index contributed by atoms with van der Waals surface area (Å²) in [7, 11) is 4.07. The third-order valence-corrected chi connectivity index (χ3v) is 3.82. The number of ether oxygens (including phenoxy) is 1. The van der Waals surface area contributed by atoms with Gasteiger partial charge in [-0.3, -0.25) is 4.79 Å². The van der Waals surface area contributed by atoms with Gasteiger partial charge in [0.1, 0.15) is 0 Å². The van der Waals surface area contributed by atoms with Crippen molar-refractivity contribution in [3.05, 3.63) is 42.0 Å². The molecule has 122 valence electrons. The lowest BCUT2D eigenvalue weighted by atomic mass is 10.1. The van der Waals surface area contributed by atoms with E-state index in [9.17, 15) is 4.79 Å². The number of nitrogens with one attached hydrogen (secondary N) is 1. The normalized spacial score (nSPS) is 10.6. The largest absolute Gasteiger partial charge is 0.466 e. The molecule has 0 aliphatic carbocycles. The molecule has 0 saturated carbocycles. The Labute approximate surface area is 141 Å². The van der Waals surface area contributed by atoms with Gasteiger partial charge in [-0.2, -0.15) is 0 Å². The summed E-state index contributed by atoms with van der Waals surface area (Å²) < 4.78 is 5.00. The zero-order valence-electron chi connectivity index (χ0n) is 13.6. The molecule has 0 atom stereocenters. The summed E-state index contributed by atoms with van der Waals surface area (Å²) in [6.07, 6.45) is 0.308. The third-order valence-electron chi connectivity index (χ3n) is 3.82. The van der Waals surface area contributed by atoms with Gasteiger partial charge >= 0.3 is 5.97 Å². The second-order valence-electron chi connectivity index (χ2n) is 5.61. The second kappa shape index (κ2) is 6.92. The Morgan fingerprint density at radius 3 is 2.57 bits per heavy atom. The molecule has 0 saturated heterocycles. The molecule has 4 nitrogen and oxygen atoms in total. The molecular weight excluding hydrogens is 312 g/mol. The summed E-state index contributed by atoms with van der Waals surface area (Å²) in [5.41, 5.74) is 4.29. The smallest absolute Gasteiger partial charge is 0.310 e. The number of H-pyrrole nitrogens is 1. The fraction of sp³-hybridized carbons (Fsp3) is 0.278. The number of halogens is 1. The average Bonchev–Trinajstić information content (AvgIpc) is 2.84. The predicted molar refractivity (Wildman–Crippen MR) is 97.7 cm³/mol. The topological polar surface area (TPSA) is 45.3 Å². The summed E-state index contributed by atoms with van der Waals surface area (Å²) in [5, 5.41) is 2.37. The van der Waals surface area contributed by atoms with Crippen molar-refractivity contribution in [2.45, 2.75) is 13.3 Å². The minimum Gasteiger partial charge on any atom is -0.466 e. The van der Waals surface area contributed by atoms with Gasteiger partial charge in [0.2, 0.25) is 0 Å². The molecular formula is C18H21ClN2O2. The van der Waals surface area contributed by atoms with Crippen LogP contribution in [0.3, 0.4) is 0 Å². The van der Waals surface area contributed by atoms with Crippen LogP contribution in [0.1, 0.15) is 12.5 Å². The van der Waals surface area contributed by atoms with E-state index in [1.165, 1.54) is 16.5 Å². The van der Waals surface area contributed by atoms with Crippen molar-refractivity contribution in [1.29, 1.82) is 0 Å². The number of hydrogen-bond acceptors (Lipinski definition) is 3. The average molecular weight is 333 g/mol. The number of hydrogen-bond donors (Lipinski definition) is 1. The zero-order valence-corrected chi connectivity index (χ0v) is 14.4. The van der Waals surface area contributed by atoms with E-state index in [2.05, 4.69) is 34.1 Å². The summed E-state index contributed by atoms with van der Waals surface area (Å²) in [6.45, 7) is 2.24. The first kappa shape index (κ1) is 17.2. The molecule has 0 radical (unpaired) electrons. The van der Waals surface area contributed by atoms with E-state index >= 15 is 0 Å². The minimum atomic E-state index is -0.187. The van der Waals surface area contributed by atoms with E-state index in [0.29, 0.717) is 13.0 Å². The first-order valence-corrected chi connectivity index (χ1v) is 7.46. The first-order chi connectivity index (χ1) is 10.6. The molecule has 0 bridgehead atoms. The van der Waals surface area contributed by atoms with Gasteiger partial charge in [0.05, 0.1) is 13.0 Å². The van der Waals surface area contributed by atoms with Gasteiger partial charge in [-0.25, -0.2) is 0 Å². The van der Waals surface area contributed by atoms with Gasteiger partial charge < -0.3 is 14.6 Å². The Morgan fingerprint density at radius 1 is 1.09 bits per heavy atom. The van der Waals surface area contributed by atoms with E-state index in [0.717, 1.165) is 16.6 Å². The van der Waals surface area contributed by atoms with Gasteiger partial charge in [-0.05, 0) is 36.8 Å². The number of esters is 1. The molecule has 0 unspecified atom stereocenters. The summed E-state index contributed by atoms with van der Waals surface area (Å²) >= 11 is 0. The van der Waals surface area contributed by atoms with Crippen LogP contribution in [0.15, 0.2) is 36.4 Å². The van der Waals surface area contributed by atoms with Crippen LogP contribution >= 0.6 is 12.4 Å². The molecule has 3 aromatic rings. The molecule has 1 aromatic heterocycles. The molecule has 1 N–H and O–H groups in total. The Hall–Kier alpha value is -2.20. The third kappa shape index (κ3) is 3.42. The van der Waals surface area contributed by atoms with Crippen LogP contribution in [0, 0.1) is 0 Å². The molecule has 1 heterocycles. The van der Waals surface area contributed by atoms with E-state index < -0.39 is 0 Å². The molecule has 0 aliphatic heterocycles. The number of anilines is 1. The maximum absolute atomic E-state index is 11.6. The van der Waals surface area contributed by atoms with E-state index in [4.69, 9.17) is 4.74 Å². The van der Waals surface area contributed by atoms with Crippen LogP contribution < -0.4 is 4.90 Å². The summed E-state index contributed by atoms with van der Waals surface area (Å²) in [5.74, 6) is -0.187. The molecule has 23 heavy (non-hydrogen) atoms. The van der Waals surface area contributed by atoms with Crippen LogP contribution in [-0.4, -0.2) is 31.7 Å². The van der Waals surface area contributed by atoms with Crippen molar-refractivity contribution >= 4 is 45.9 Å². The lowest BCUT2D eigenvalue weighted by molar-refractivity contribution is -0.142. The maximum atomic E-state index is 11.6. The number of nitrogens with zero attached hydrogens (tertiary/aromatic N) is 1. The van der Waals surface area contributed by atoms with Crippen LogP contribution in [0.5, 0.6) is 0 Å². The van der Waals surface area contributed by atoms with Crippen molar-refractivity contribution in [2.24, 2.45) is 0 Å². The van der Waals surface area contributed by atoms with E-state index in [1.54, 1.807) is 0 Å². The van der Waals surface area contributed by atoms with Gasteiger partial charge in [-0.1, -0.05) is 12.1 Å². The number of fused-ring (bicyclic) bond motifs is 3. The van der Waals surface area contributed by atoms with Gasteiger partial charge in [0, 0.05) is 41.6 Å². The Balaban J connectivity index is 0.00000192. The molecule has 0 spiro atoms. The summed E-state index contributed by atoms with van der Waals surface area (Å²) in [6, 6.07) is 12.5. The van der Waals surface area contributed by atoms with Crippen LogP contribution in [-0.2, 0) is 16.0 Å². The number of carbonyl (C=O) groups is 1. The highest BCUT2D eigenvalue weighted by molar-refractivity contribution is 6.08. The second-order valence-corrected chi connectivity index (χ2v) is 5.61. The monoisotopic (exact) mass is 332 g/mol. The Bertz CT molecular complexity index is 840. The Kier molecular flexibility index (Phi) is 5.16. The van der Waals surface area contributed by atoms with Crippen molar-refractivity contribution in [3.63, 3.8) is 0 Å². The number of aromatic amines is 1. The first-order valence-electron chi connectivity index (χ1n) is 7.46. The van der Waals surface area contributed by atoms with E-state index in [1.807, 2.05) is 33.2 Å². The van der Waals surface area contributed by atoms with Crippen LogP contribution in [0.2, 0.25) is 0 Å². The predicted octanol–water partition coefficient (Wildman–Crippen LogP) is 3.91. The van der Waals surface area contributed by atoms with Gasteiger partial charge in [0.25, 0.3) is 0 Å². The minimum absolute atomic E-state index is 0. The lowest BCUT2D eigenvalue weighted by Gasteiger charge is -2.11. The van der Waals surface area contributed by atoms with Crippen LogP contribution in [0.25, 0.3) is 21.8 Å². The SMILES string of the molecule is CCOC(=O)Cc1ccc2c(c1)[nH]c1ccc(N(C)C)cc12.Cl. The fourth-order valence-electron chi connectivity index (χ4n) is 2.71. The highest BCUT2D eigenvalue weighted by Crippen LogP contribution is 2.29. The molecule has 2 aromatic carbocycles. The quantitative estimate of drug-likeness (QED) is 0.737. The highest BCUT2D eigenvalue weighted by Gasteiger charge is 2.09. The molecule has 0 fully saturated rings. The van der Waals surface area contributed by atoms with Crippen molar-refractivity contribution in [1.82, 2.24) is 4.98 Å². The lowest BCUT2D eigenvalue weighted by Crippen LogP contribution is -2.07. The number of aromatic nitrogens is 1. The van der Waals surface area contributed by atoms with Gasteiger partial charge in [0.15, 0.2) is 0 Å². The standard InChI is InChI=1S/C18H20N2O2.ClH/c1-4-22-18(21)10-12-5-7-14-15-11-13(20(2)3)6-8-16(15)19-17(14)9-12;/h5-9,11,19H,4,10H2,1-3H3;1H. The zero-order chi connectivity index (χ0) is 15.7. The number of benzene rings is 2. The fourth-order valence-corrected chi connectivity index (χ4v) is 2.71. The maximum Gasteiger partial charge on any atom is 0.310 e. The molecule has 0 amide bonds. The molecule has 5 heteroatoms. The van der Waals surface area contributed by atoms with Crippen molar-refractivity contribution in [2.75, 3.05) is 25.6 Å². The van der Waals surface area contributed by atoms with Crippen molar-refractivity contribution < 1.29 is 9.53 Å². The number of rotatable bonds is 4. The highest BCUT2D eigenvalue weighted by atomic mass is 35.5. The Morgan fingerprint density at radius 2 is 1.87 bits per heavy atom. The number of carbonyl (C=O) groups excluding carboxylic acids is 1. The van der Waals surface area contributed by atoms with E-state index in [-0.39, 0.29) is 18.4 Å². The summed E-state index contributed by atoms with van der Waals surface area (Å²) in [4.78, 5) is 17.1. The molecule has 3 rings (SSSR count).